The van der Waals surface area contributed by atoms with Crippen molar-refractivity contribution >= 4 is 17.9 Å². The summed E-state index contributed by atoms with van der Waals surface area (Å²) in [5.74, 6) is -0.926. The van der Waals surface area contributed by atoms with Crippen LogP contribution in [0.2, 0.25) is 0 Å². The molecule has 0 radical (unpaired) electrons. The highest BCUT2D eigenvalue weighted by atomic mass is 16.6. The van der Waals surface area contributed by atoms with Crippen LogP contribution in [0, 0.1) is 0 Å². The molecule has 0 amide bonds. The van der Waals surface area contributed by atoms with Crippen molar-refractivity contribution in [2.75, 3.05) is 13.2 Å². The Morgan fingerprint density at radius 3 is 1.00 bits per heavy atom. The molecule has 54 heavy (non-hydrogen) atoms. The summed E-state index contributed by atoms with van der Waals surface area (Å²) >= 11 is 0. The maximum absolute atomic E-state index is 12.6. The molecule has 0 saturated heterocycles. The van der Waals surface area contributed by atoms with Gasteiger partial charge in [0.1, 0.15) is 13.2 Å². The third-order valence-electron chi connectivity index (χ3n) is 10.2. The van der Waals surface area contributed by atoms with Gasteiger partial charge >= 0.3 is 17.9 Å². The van der Waals surface area contributed by atoms with E-state index in [9.17, 15) is 14.4 Å². The van der Waals surface area contributed by atoms with Gasteiger partial charge in [-0.15, -0.1) is 0 Å². The second-order valence-electron chi connectivity index (χ2n) is 15.7. The van der Waals surface area contributed by atoms with Crippen molar-refractivity contribution in [2.45, 2.75) is 252 Å². The van der Waals surface area contributed by atoms with E-state index in [0.29, 0.717) is 19.3 Å². The molecule has 0 heterocycles. The largest absolute Gasteiger partial charge is 0.462 e. The van der Waals surface area contributed by atoms with Crippen molar-refractivity contribution < 1.29 is 28.6 Å². The number of esters is 3. The minimum Gasteiger partial charge on any atom is -0.462 e. The second kappa shape index (κ2) is 43.6. The first-order valence-electron chi connectivity index (χ1n) is 23.3. The molecule has 0 rings (SSSR count). The summed E-state index contributed by atoms with van der Waals surface area (Å²) in [5, 5.41) is 0. The molecular formula is C48H88O6. The Balaban J connectivity index is 4.27. The van der Waals surface area contributed by atoms with Gasteiger partial charge in [-0.3, -0.25) is 14.4 Å². The molecule has 0 saturated carbocycles. The lowest BCUT2D eigenvalue weighted by atomic mass is 10.1. The Kier molecular flexibility index (Phi) is 41.9. The zero-order valence-electron chi connectivity index (χ0n) is 36.0. The number of allylic oxidation sites excluding steroid dienone is 4. The Bertz CT molecular complexity index is 880. The van der Waals surface area contributed by atoms with E-state index in [1.807, 2.05) is 0 Å². The van der Waals surface area contributed by atoms with E-state index in [4.69, 9.17) is 14.2 Å². The summed E-state index contributed by atoms with van der Waals surface area (Å²) in [6.07, 6.45) is 47.5. The van der Waals surface area contributed by atoms with Crippen LogP contribution in [0.3, 0.4) is 0 Å². The molecule has 0 N–H and O–H groups in total. The summed E-state index contributed by atoms with van der Waals surface area (Å²) in [7, 11) is 0. The van der Waals surface area contributed by atoms with Crippen LogP contribution in [-0.2, 0) is 28.6 Å². The van der Waals surface area contributed by atoms with Crippen LogP contribution in [0.5, 0.6) is 0 Å². The van der Waals surface area contributed by atoms with Gasteiger partial charge in [-0.25, -0.2) is 0 Å². The molecule has 0 aromatic carbocycles. The Hall–Kier alpha value is -2.11. The number of rotatable bonds is 42. The number of carbonyl (C=O) groups excluding carboxylic acids is 3. The van der Waals surface area contributed by atoms with Gasteiger partial charge in [0.2, 0.25) is 0 Å². The average Bonchev–Trinajstić information content (AvgIpc) is 3.17. The van der Waals surface area contributed by atoms with Crippen molar-refractivity contribution in [3.8, 4) is 0 Å². The lowest BCUT2D eigenvalue weighted by Crippen LogP contribution is -2.30. The van der Waals surface area contributed by atoms with Crippen molar-refractivity contribution in [1.82, 2.24) is 0 Å². The predicted molar refractivity (Wildman–Crippen MR) is 229 cm³/mol. The van der Waals surface area contributed by atoms with E-state index in [-0.39, 0.29) is 37.5 Å². The van der Waals surface area contributed by atoms with Crippen molar-refractivity contribution in [3.63, 3.8) is 0 Å². The monoisotopic (exact) mass is 761 g/mol. The average molecular weight is 761 g/mol. The maximum Gasteiger partial charge on any atom is 0.306 e. The maximum atomic E-state index is 12.6. The molecule has 6 heteroatoms. The summed E-state index contributed by atoms with van der Waals surface area (Å²) in [6, 6.07) is 0. The molecule has 6 nitrogen and oxygen atoms in total. The van der Waals surface area contributed by atoms with E-state index in [1.165, 1.54) is 141 Å². The van der Waals surface area contributed by atoms with E-state index >= 15 is 0 Å². The van der Waals surface area contributed by atoms with Crippen LogP contribution in [-0.4, -0.2) is 37.2 Å². The summed E-state index contributed by atoms with van der Waals surface area (Å²) in [4.78, 5) is 37.6. The quantitative estimate of drug-likeness (QED) is 0.0267. The third-order valence-corrected chi connectivity index (χ3v) is 10.2. The molecule has 0 aromatic rings. The third kappa shape index (κ3) is 41.1. The lowest BCUT2D eigenvalue weighted by Gasteiger charge is -2.18. The second-order valence-corrected chi connectivity index (χ2v) is 15.7. The van der Waals surface area contributed by atoms with Crippen molar-refractivity contribution in [1.29, 1.82) is 0 Å². The topological polar surface area (TPSA) is 78.9 Å². The van der Waals surface area contributed by atoms with Crippen LogP contribution >= 0.6 is 0 Å². The lowest BCUT2D eigenvalue weighted by molar-refractivity contribution is -0.167. The predicted octanol–water partition coefficient (Wildman–Crippen LogP) is 14.8. The molecule has 1 unspecified atom stereocenters. The fourth-order valence-corrected chi connectivity index (χ4v) is 6.62. The normalized spacial score (nSPS) is 12.1. The highest BCUT2D eigenvalue weighted by Gasteiger charge is 2.19. The first-order valence-corrected chi connectivity index (χ1v) is 23.3. The van der Waals surface area contributed by atoms with E-state index in [2.05, 4.69) is 45.1 Å². The number of ether oxygens (including phenoxy) is 3. The SMILES string of the molecule is CCCCCC/C=C\CCCC(=O)OC(COC(=O)CCCCCCC/C=C\CCCCCCCCCCC)COC(=O)CCCCCCCCCCC. The minimum absolute atomic E-state index is 0.0828. The van der Waals surface area contributed by atoms with Gasteiger partial charge < -0.3 is 14.2 Å². The van der Waals surface area contributed by atoms with E-state index in [1.54, 1.807) is 0 Å². The molecule has 0 aromatic heterocycles. The molecule has 0 aliphatic rings. The highest BCUT2D eigenvalue weighted by molar-refractivity contribution is 5.71. The number of hydrogen-bond acceptors (Lipinski definition) is 6. The summed E-state index contributed by atoms with van der Waals surface area (Å²) in [5.41, 5.74) is 0. The standard InChI is InChI=1S/C48H88O6/c1-4-7-10-13-16-19-20-21-22-23-24-25-26-27-30-32-35-38-41-47(50)53-44-45(54-48(51)42-39-36-33-29-18-15-12-9-6-3)43-52-46(49)40-37-34-31-28-17-14-11-8-5-2/h24-25,29,33,45H,4-23,26-28,30-32,34-44H2,1-3H3/b25-24-,33-29-. The van der Waals surface area contributed by atoms with Crippen LogP contribution in [0.4, 0.5) is 0 Å². The summed E-state index contributed by atoms with van der Waals surface area (Å²) in [6.45, 7) is 6.56. The highest BCUT2D eigenvalue weighted by Crippen LogP contribution is 2.14. The van der Waals surface area contributed by atoms with Crippen LogP contribution in [0.25, 0.3) is 0 Å². The molecule has 316 valence electrons. The zero-order chi connectivity index (χ0) is 39.4. The Morgan fingerprint density at radius 1 is 0.352 bits per heavy atom. The fourth-order valence-electron chi connectivity index (χ4n) is 6.62. The van der Waals surface area contributed by atoms with Gasteiger partial charge in [0, 0.05) is 19.3 Å². The zero-order valence-corrected chi connectivity index (χ0v) is 36.0. The smallest absolute Gasteiger partial charge is 0.306 e. The van der Waals surface area contributed by atoms with Crippen LogP contribution in [0.15, 0.2) is 24.3 Å². The Morgan fingerprint density at radius 2 is 0.630 bits per heavy atom. The molecule has 0 aliphatic heterocycles. The van der Waals surface area contributed by atoms with Crippen LogP contribution in [0.1, 0.15) is 245 Å². The molecule has 1 atom stereocenters. The van der Waals surface area contributed by atoms with Gasteiger partial charge in [-0.2, -0.15) is 0 Å². The fraction of sp³-hybridized carbons (Fsp3) is 0.854. The molecule has 0 bridgehead atoms. The van der Waals surface area contributed by atoms with Crippen LogP contribution < -0.4 is 0 Å². The first-order chi connectivity index (χ1) is 26.5. The molecule has 0 aliphatic carbocycles. The molecule has 0 spiro atoms. The van der Waals surface area contributed by atoms with Gasteiger partial charge in [0.15, 0.2) is 6.10 Å². The number of carbonyl (C=O) groups is 3. The minimum atomic E-state index is -0.781. The van der Waals surface area contributed by atoms with E-state index < -0.39 is 6.10 Å². The molecular weight excluding hydrogens is 673 g/mol. The number of unbranched alkanes of at least 4 members (excludes halogenated alkanes) is 27. The number of hydrogen-bond donors (Lipinski definition) is 0. The van der Waals surface area contributed by atoms with Gasteiger partial charge in [-0.1, -0.05) is 186 Å². The van der Waals surface area contributed by atoms with Gasteiger partial charge in [0.05, 0.1) is 0 Å². The van der Waals surface area contributed by atoms with Crippen molar-refractivity contribution in [2.24, 2.45) is 0 Å². The van der Waals surface area contributed by atoms with Gasteiger partial charge in [0.25, 0.3) is 0 Å². The molecule has 0 fully saturated rings. The van der Waals surface area contributed by atoms with E-state index in [0.717, 1.165) is 57.8 Å². The van der Waals surface area contributed by atoms with Gasteiger partial charge in [-0.05, 0) is 64.2 Å². The van der Waals surface area contributed by atoms with Crippen molar-refractivity contribution in [3.05, 3.63) is 24.3 Å². The Labute approximate surface area is 334 Å². The first kappa shape index (κ1) is 51.9. The summed E-state index contributed by atoms with van der Waals surface area (Å²) < 4.78 is 16.6.